The van der Waals surface area contributed by atoms with Crippen LogP contribution >= 0.6 is 0 Å². The summed E-state index contributed by atoms with van der Waals surface area (Å²) in [7, 11) is 0. The predicted octanol–water partition coefficient (Wildman–Crippen LogP) is 0.174. The number of fused-ring (bicyclic) bond motifs is 1. The van der Waals surface area contributed by atoms with Crippen LogP contribution in [0, 0.1) is 0 Å². The third-order valence-electron chi connectivity index (χ3n) is 3.90. The van der Waals surface area contributed by atoms with E-state index in [0.717, 1.165) is 0 Å². The van der Waals surface area contributed by atoms with Gasteiger partial charge >= 0.3 is 0 Å². The number of nitrogens with two attached hydrogens (primary N) is 1. The molecule has 132 valence electrons. The molecule has 1 aliphatic heterocycles. The predicted molar refractivity (Wildman–Crippen MR) is 82.0 cm³/mol. The Bertz CT molecular complexity index is 750. The molecule has 24 heavy (non-hydrogen) atoms. The molecule has 10 heteroatoms. The van der Waals surface area contributed by atoms with Gasteiger partial charge in [-0.25, -0.2) is 9.37 Å². The Morgan fingerprint density at radius 2 is 2.21 bits per heavy atom. The maximum absolute atomic E-state index is 15.0. The van der Waals surface area contributed by atoms with Crippen molar-refractivity contribution in [1.29, 1.82) is 0 Å². The lowest BCUT2D eigenvalue weighted by Gasteiger charge is -2.24. The molecule has 0 bridgehead atoms. The Labute approximate surface area is 137 Å². The maximum atomic E-state index is 15.0. The van der Waals surface area contributed by atoms with E-state index in [0.29, 0.717) is 5.52 Å². The first-order chi connectivity index (χ1) is 11.3. The molecule has 4 N–H and O–H groups in total. The number of alkyl halides is 1. The van der Waals surface area contributed by atoms with Crippen molar-refractivity contribution in [2.24, 2.45) is 0 Å². The molecule has 2 aromatic rings. The average molecular weight is 341 g/mol. The normalized spacial score (nSPS) is 30.4. The Morgan fingerprint density at radius 1 is 1.50 bits per heavy atom. The van der Waals surface area contributed by atoms with Crippen molar-refractivity contribution >= 4 is 17.1 Å². The minimum absolute atomic E-state index is 0.0577. The Balaban J connectivity index is 2.10. The molecule has 0 saturated carbocycles. The molecule has 1 fully saturated rings. The van der Waals surface area contributed by atoms with Gasteiger partial charge in [-0.2, -0.15) is 9.97 Å². The van der Waals surface area contributed by atoms with Crippen LogP contribution in [0.4, 0.5) is 10.3 Å². The maximum Gasteiger partial charge on any atom is 0.247 e. The van der Waals surface area contributed by atoms with E-state index in [1.54, 1.807) is 0 Å². The lowest BCUT2D eigenvalue weighted by atomic mass is 9.98. The molecule has 3 heterocycles. The van der Waals surface area contributed by atoms with Gasteiger partial charge in [-0.1, -0.05) is 0 Å². The number of hydrogen-bond donors (Lipinski definition) is 3. The van der Waals surface area contributed by atoms with Crippen LogP contribution in [0.3, 0.4) is 0 Å². The topological polar surface area (TPSA) is 129 Å². The quantitative estimate of drug-likeness (QED) is 0.718. The fourth-order valence-corrected chi connectivity index (χ4v) is 2.75. The average Bonchev–Trinajstić information content (AvgIpc) is 2.99. The van der Waals surface area contributed by atoms with Crippen molar-refractivity contribution in [3.8, 4) is 5.88 Å². The molecule has 0 spiro atoms. The first-order valence-corrected chi connectivity index (χ1v) is 7.55. The van der Waals surface area contributed by atoms with E-state index in [-0.39, 0.29) is 23.6 Å². The second-order valence-corrected chi connectivity index (χ2v) is 6.18. The third-order valence-corrected chi connectivity index (χ3v) is 3.90. The van der Waals surface area contributed by atoms with Crippen LogP contribution in [0.1, 0.15) is 27.0 Å². The van der Waals surface area contributed by atoms with Crippen molar-refractivity contribution in [3.05, 3.63) is 6.33 Å². The number of imidazole rings is 1. The highest BCUT2D eigenvalue weighted by Gasteiger charge is 2.55. The van der Waals surface area contributed by atoms with Gasteiger partial charge < -0.3 is 25.4 Å². The zero-order valence-corrected chi connectivity index (χ0v) is 13.5. The summed E-state index contributed by atoms with van der Waals surface area (Å²) in [5, 5.41) is 19.3. The standard InChI is InChI=1S/C14H20FN5O4/c1-6(2)23-11-8-10(18-13(16)19-11)20(5-17-8)12-14(3,15)9(22)7(4-21)24-12/h5-7,9,12,21-22H,4H2,1-3H3,(H2,16,18,19). The molecule has 3 rings (SSSR count). The molecule has 0 aliphatic carbocycles. The summed E-state index contributed by atoms with van der Waals surface area (Å²) < 4.78 is 27.3. The van der Waals surface area contributed by atoms with Gasteiger partial charge in [0.2, 0.25) is 11.8 Å². The second-order valence-electron chi connectivity index (χ2n) is 6.18. The fourth-order valence-electron chi connectivity index (χ4n) is 2.75. The molecule has 9 nitrogen and oxygen atoms in total. The number of halogens is 1. The highest BCUT2D eigenvalue weighted by Crippen LogP contribution is 2.42. The van der Waals surface area contributed by atoms with Gasteiger partial charge in [-0.05, 0) is 20.8 Å². The largest absolute Gasteiger partial charge is 0.473 e. The molecule has 0 radical (unpaired) electrons. The molecule has 1 saturated heterocycles. The molecule has 0 aromatic carbocycles. The van der Waals surface area contributed by atoms with E-state index in [4.69, 9.17) is 15.2 Å². The molecule has 4 unspecified atom stereocenters. The third kappa shape index (κ3) is 2.56. The van der Waals surface area contributed by atoms with Gasteiger partial charge in [0.1, 0.15) is 12.2 Å². The fraction of sp³-hybridized carbons (Fsp3) is 0.643. The van der Waals surface area contributed by atoms with Crippen LogP contribution in [0.5, 0.6) is 5.88 Å². The molecule has 2 aromatic heterocycles. The Morgan fingerprint density at radius 3 is 2.79 bits per heavy atom. The summed E-state index contributed by atoms with van der Waals surface area (Å²) in [5.74, 6) is 0.127. The van der Waals surface area contributed by atoms with Crippen LogP contribution in [0.15, 0.2) is 6.33 Å². The van der Waals surface area contributed by atoms with E-state index in [1.165, 1.54) is 17.8 Å². The number of nitrogen functional groups attached to an aromatic ring is 1. The first-order valence-electron chi connectivity index (χ1n) is 7.55. The lowest BCUT2D eigenvalue weighted by Crippen LogP contribution is -2.40. The van der Waals surface area contributed by atoms with Gasteiger partial charge in [0.15, 0.2) is 23.1 Å². The monoisotopic (exact) mass is 341 g/mol. The summed E-state index contributed by atoms with van der Waals surface area (Å²) in [6, 6.07) is 0. The minimum Gasteiger partial charge on any atom is -0.473 e. The van der Waals surface area contributed by atoms with Gasteiger partial charge in [0.25, 0.3) is 0 Å². The molecular weight excluding hydrogens is 321 g/mol. The summed E-state index contributed by atoms with van der Waals surface area (Å²) in [5.41, 5.74) is 4.08. The van der Waals surface area contributed by atoms with Crippen LogP contribution < -0.4 is 10.5 Å². The van der Waals surface area contributed by atoms with Gasteiger partial charge in [-0.3, -0.25) is 4.57 Å². The number of aromatic nitrogens is 4. The summed E-state index contributed by atoms with van der Waals surface area (Å²) in [6.07, 6.45) is -2.61. The highest BCUT2D eigenvalue weighted by molar-refractivity contribution is 5.77. The van der Waals surface area contributed by atoms with E-state index in [2.05, 4.69) is 15.0 Å². The highest BCUT2D eigenvalue weighted by atomic mass is 19.1. The van der Waals surface area contributed by atoms with Crippen molar-refractivity contribution in [1.82, 2.24) is 19.5 Å². The number of rotatable bonds is 4. The zero-order chi connectivity index (χ0) is 17.6. The van der Waals surface area contributed by atoms with E-state index < -0.39 is 30.7 Å². The van der Waals surface area contributed by atoms with Crippen molar-refractivity contribution < 1.29 is 24.1 Å². The van der Waals surface area contributed by atoms with E-state index >= 15 is 0 Å². The number of ether oxygens (including phenoxy) is 2. The molecule has 1 aliphatic rings. The van der Waals surface area contributed by atoms with Crippen molar-refractivity contribution in [2.75, 3.05) is 12.3 Å². The Kier molecular flexibility index (Phi) is 4.06. The summed E-state index contributed by atoms with van der Waals surface area (Å²) in [6.45, 7) is 4.33. The van der Waals surface area contributed by atoms with Gasteiger partial charge in [0.05, 0.1) is 19.0 Å². The smallest absolute Gasteiger partial charge is 0.247 e. The van der Waals surface area contributed by atoms with E-state index in [9.17, 15) is 14.6 Å². The van der Waals surface area contributed by atoms with Gasteiger partial charge in [0, 0.05) is 0 Å². The SMILES string of the molecule is CC(C)Oc1nc(N)nc2c1ncn2C1OC(CO)C(O)C1(C)F. The molecular formula is C14H20FN5O4. The summed E-state index contributed by atoms with van der Waals surface area (Å²) >= 11 is 0. The van der Waals surface area contributed by atoms with Crippen LogP contribution in [0.25, 0.3) is 11.2 Å². The number of aliphatic hydroxyl groups excluding tert-OH is 2. The number of nitrogens with zero attached hydrogens (tertiary/aromatic N) is 4. The first kappa shape index (κ1) is 16.8. The van der Waals surface area contributed by atoms with Crippen LogP contribution in [-0.4, -0.2) is 60.3 Å². The summed E-state index contributed by atoms with van der Waals surface area (Å²) in [4.78, 5) is 12.3. The second kappa shape index (κ2) is 5.80. The van der Waals surface area contributed by atoms with Gasteiger partial charge in [-0.15, -0.1) is 0 Å². The molecule has 4 atom stereocenters. The van der Waals surface area contributed by atoms with Crippen LogP contribution in [-0.2, 0) is 4.74 Å². The lowest BCUT2D eigenvalue weighted by molar-refractivity contribution is -0.0566. The minimum atomic E-state index is -2.15. The number of hydrogen-bond acceptors (Lipinski definition) is 8. The van der Waals surface area contributed by atoms with Crippen molar-refractivity contribution in [2.45, 2.75) is 51.0 Å². The molecule has 0 amide bonds. The zero-order valence-electron chi connectivity index (χ0n) is 13.5. The Hall–Kier alpha value is -2.04. The van der Waals surface area contributed by atoms with E-state index in [1.807, 2.05) is 13.8 Å². The number of anilines is 1. The van der Waals surface area contributed by atoms with Crippen LogP contribution in [0.2, 0.25) is 0 Å². The number of aliphatic hydroxyl groups is 2. The van der Waals surface area contributed by atoms with Crippen molar-refractivity contribution in [3.63, 3.8) is 0 Å².